The summed E-state index contributed by atoms with van der Waals surface area (Å²) in [5.74, 6) is 0.965. The zero-order chi connectivity index (χ0) is 52.6. The third kappa shape index (κ3) is 194. The summed E-state index contributed by atoms with van der Waals surface area (Å²) in [6.45, 7) is 60.6. The van der Waals surface area contributed by atoms with Gasteiger partial charge in [0, 0.05) is 12.8 Å². The molecule has 0 rings (SSSR count). The van der Waals surface area contributed by atoms with E-state index in [2.05, 4.69) is 137 Å². The van der Waals surface area contributed by atoms with Gasteiger partial charge in [-0.15, -0.1) is 6.58 Å². The zero-order valence-corrected chi connectivity index (χ0v) is 47.6. The lowest BCUT2D eigenvalue weighted by molar-refractivity contribution is -0.152. The van der Waals surface area contributed by atoms with Gasteiger partial charge in [-0.2, -0.15) is 39.0 Å². The molecule has 0 spiro atoms. The molecule has 0 saturated heterocycles. The number of rotatable bonds is 6. The van der Waals surface area contributed by atoms with Crippen LogP contribution in [0.5, 0.6) is 0 Å². The van der Waals surface area contributed by atoms with Gasteiger partial charge in [0.15, 0.2) is 0 Å². The topological polar surface area (TPSA) is 0 Å². The molecule has 0 amide bonds. The van der Waals surface area contributed by atoms with Gasteiger partial charge in [0.2, 0.25) is 0 Å². The Kier molecular flexibility index (Phi) is 72.9. The van der Waals surface area contributed by atoms with Crippen molar-refractivity contribution < 1.29 is 35.1 Å². The van der Waals surface area contributed by atoms with Crippen LogP contribution in [-0.2, 0) is 0 Å². The number of hydrogen-bond acceptors (Lipinski definition) is 1. The molecule has 0 aliphatic rings. The van der Waals surface area contributed by atoms with Crippen LogP contribution >= 0.6 is 12.6 Å². The van der Waals surface area contributed by atoms with E-state index in [-0.39, 0.29) is 61.8 Å². The molecule has 0 saturated carbocycles. The minimum atomic E-state index is -4.02. The van der Waals surface area contributed by atoms with Gasteiger partial charge >= 0.3 is 12.4 Å². The van der Waals surface area contributed by atoms with Gasteiger partial charge in [0.25, 0.3) is 0 Å². The Balaban J connectivity index is -0.0000000405. The number of allylic oxidation sites excluding steroid dienone is 1. The normalized spacial score (nSPS) is 12.4. The maximum atomic E-state index is 12.2. The quantitative estimate of drug-likeness (QED) is 0.153. The fourth-order valence-corrected chi connectivity index (χ4v) is 3.78. The van der Waals surface area contributed by atoms with Crippen LogP contribution in [0.1, 0.15) is 303 Å². The molecule has 0 nitrogen and oxygen atoms in total. The fraction of sp³-hybridized carbons (Fsp3) is 0.966. The monoisotopic (exact) mass is 1030 g/mol. The van der Waals surface area contributed by atoms with Crippen LogP contribution in [0, 0.1) is 43.3 Å². The summed E-state index contributed by atoms with van der Waals surface area (Å²) in [4.78, 5) is 0. The van der Waals surface area contributed by atoms with Crippen molar-refractivity contribution >= 4 is 12.6 Å². The van der Waals surface area contributed by atoms with E-state index in [0.29, 0.717) is 39.9 Å². The minimum Gasteiger partial charge on any atom is -0.248 e. The first kappa shape index (κ1) is 104. The van der Waals surface area contributed by atoms with Crippen molar-refractivity contribution in [3.05, 3.63) is 12.7 Å². The molecule has 2 unspecified atom stereocenters. The second-order valence-corrected chi connectivity index (χ2v) is 26.8. The number of hydrogen-bond donors (Lipinski definition) is 1. The Morgan fingerprint density at radius 3 is 0.735 bits per heavy atom. The summed E-state index contributed by atoms with van der Waals surface area (Å²) in [7, 11) is 0. The molecule has 0 fully saturated rings. The van der Waals surface area contributed by atoms with Gasteiger partial charge in [-0.05, 0) is 101 Å². The first-order chi connectivity index (χ1) is 26.5. The summed E-state index contributed by atoms with van der Waals surface area (Å²) in [5.41, 5.74) is 1.52. The standard InChI is InChI=1S/C8H17F.C7H13F3.C7H15F.C7H16.C7H14.C6H11F3.C6H14.C5H12S.6CH4/c1-7(9)5-6-8(2,3)4;1-6(2,3)4-5-7(8,9)10;1-6(8)5-7(2,3)4;2*1-5-6-7(2,3)4;1-5(2,3)4-6(7,8)9;1-5-6(2,3)4;1-5(2,3)4-6;;;;;;/h7H,5-6H2,1-4H3;4-5H2,1-3H3;6H,5H2,1-4H3;5-6H2,1-4H3;5H,1,6H2,2-4H3;4H2,1-3H3;5H2,1-4H3;6H,4H2,1-3H3;6*1H4. The maximum absolute atomic E-state index is 12.2. The van der Waals surface area contributed by atoms with E-state index in [4.69, 9.17) is 0 Å². The Morgan fingerprint density at radius 2 is 0.706 bits per heavy atom. The van der Waals surface area contributed by atoms with Crippen molar-refractivity contribution in [1.29, 1.82) is 0 Å². The highest BCUT2D eigenvalue weighted by Crippen LogP contribution is 2.32. The number of halogens is 8. The Morgan fingerprint density at radius 1 is 0.412 bits per heavy atom. The van der Waals surface area contributed by atoms with E-state index >= 15 is 0 Å². The molecule has 68 heavy (non-hydrogen) atoms. The van der Waals surface area contributed by atoms with Gasteiger partial charge in [0.1, 0.15) is 0 Å². The van der Waals surface area contributed by atoms with Crippen LogP contribution < -0.4 is 0 Å². The number of thiol groups is 1. The van der Waals surface area contributed by atoms with Crippen LogP contribution in [0.2, 0.25) is 0 Å². The Labute approximate surface area is 435 Å². The van der Waals surface area contributed by atoms with Crippen molar-refractivity contribution in [2.75, 3.05) is 5.75 Å². The molecule has 0 aliphatic carbocycles. The molecular formula is C59H136F8S. The summed E-state index contributed by atoms with van der Waals surface area (Å²) < 4.78 is 93.8. The largest absolute Gasteiger partial charge is 0.389 e. The second kappa shape index (κ2) is 47.5. The molecule has 2 atom stereocenters. The van der Waals surface area contributed by atoms with Crippen LogP contribution in [0.15, 0.2) is 12.7 Å². The second-order valence-electron chi connectivity index (χ2n) is 26.5. The van der Waals surface area contributed by atoms with Gasteiger partial charge in [-0.1, -0.05) is 243 Å². The van der Waals surface area contributed by atoms with Crippen molar-refractivity contribution in [2.45, 2.75) is 327 Å². The van der Waals surface area contributed by atoms with Crippen LogP contribution in [0.4, 0.5) is 35.1 Å². The lowest BCUT2D eigenvalue weighted by Crippen LogP contribution is -2.18. The molecule has 0 heterocycles. The maximum Gasteiger partial charge on any atom is 0.389 e. The molecule has 0 bridgehead atoms. The van der Waals surface area contributed by atoms with Crippen molar-refractivity contribution in [3.8, 4) is 0 Å². The first-order valence-corrected chi connectivity index (χ1v) is 23.8. The smallest absolute Gasteiger partial charge is 0.248 e. The van der Waals surface area contributed by atoms with Crippen molar-refractivity contribution in [2.24, 2.45) is 43.3 Å². The average Bonchev–Trinajstić information content (AvgIpc) is 2.91. The van der Waals surface area contributed by atoms with Crippen LogP contribution in [0.25, 0.3) is 0 Å². The Bertz CT molecular complexity index is 913. The molecule has 0 radical (unpaired) electrons. The van der Waals surface area contributed by atoms with E-state index < -0.39 is 43.0 Å². The zero-order valence-electron chi connectivity index (χ0n) is 46.7. The molecule has 0 aromatic rings. The average molecular weight is 1030 g/mol. The lowest BCUT2D eigenvalue weighted by atomic mass is 9.90. The lowest BCUT2D eigenvalue weighted by Gasteiger charge is -2.19. The van der Waals surface area contributed by atoms with E-state index in [1.54, 1.807) is 55.4 Å². The van der Waals surface area contributed by atoms with E-state index in [0.717, 1.165) is 18.6 Å². The fourth-order valence-electron chi connectivity index (χ4n) is 3.78. The highest BCUT2D eigenvalue weighted by Gasteiger charge is 2.33. The SMILES string of the molecule is C.C.C.C.C.C.C=CCC(C)(C)C.CC(C)(C)CC(F)(F)F.CC(C)(C)CCC(F)(F)F.CC(C)(C)CS.CC(F)CC(C)(C)C.CC(F)CCC(C)(C)C.CCC(C)(C)C.CCCC(C)(C)C. The predicted molar refractivity (Wildman–Crippen MR) is 311 cm³/mol. The molecule has 9 heteroatoms. The van der Waals surface area contributed by atoms with Gasteiger partial charge in [-0.3, -0.25) is 0 Å². The van der Waals surface area contributed by atoms with E-state index in [9.17, 15) is 35.1 Å². The molecule has 434 valence electrons. The molecular weight excluding hydrogens is 893 g/mol. The van der Waals surface area contributed by atoms with Crippen LogP contribution in [-0.4, -0.2) is 30.4 Å². The number of alkyl halides is 8. The van der Waals surface area contributed by atoms with Crippen molar-refractivity contribution in [1.82, 2.24) is 0 Å². The third-order valence-electron chi connectivity index (χ3n) is 7.37. The molecule has 0 aromatic carbocycles. The van der Waals surface area contributed by atoms with Crippen LogP contribution in [0.3, 0.4) is 0 Å². The van der Waals surface area contributed by atoms with E-state index in [1.807, 2.05) is 26.8 Å². The highest BCUT2D eigenvalue weighted by molar-refractivity contribution is 7.80. The summed E-state index contributed by atoms with van der Waals surface area (Å²) in [6.07, 6.45) is -1.16. The minimum absolute atomic E-state index is 0. The first-order valence-electron chi connectivity index (χ1n) is 23.1. The summed E-state index contributed by atoms with van der Waals surface area (Å²) >= 11 is 4.10. The van der Waals surface area contributed by atoms with Gasteiger partial charge in [0.05, 0.1) is 12.3 Å². The summed E-state index contributed by atoms with van der Waals surface area (Å²) in [6, 6.07) is 0. The van der Waals surface area contributed by atoms with E-state index in [1.165, 1.54) is 19.3 Å². The molecule has 0 N–H and O–H groups in total. The van der Waals surface area contributed by atoms with Crippen molar-refractivity contribution in [3.63, 3.8) is 0 Å². The third-order valence-corrected chi connectivity index (χ3v) is 8.32. The van der Waals surface area contributed by atoms with Gasteiger partial charge in [-0.25, -0.2) is 8.78 Å². The molecule has 0 aliphatic heterocycles. The summed E-state index contributed by atoms with van der Waals surface area (Å²) in [5, 5.41) is 0. The molecule has 0 aromatic heterocycles. The predicted octanol–water partition coefficient (Wildman–Crippen LogP) is 26.0. The Hall–Kier alpha value is -0.470. The highest BCUT2D eigenvalue weighted by atomic mass is 32.1. The van der Waals surface area contributed by atoms with Gasteiger partial charge < -0.3 is 0 Å².